The van der Waals surface area contributed by atoms with Gasteiger partial charge in [-0.2, -0.15) is 0 Å². The van der Waals surface area contributed by atoms with Crippen LogP contribution in [0.5, 0.6) is 0 Å². The van der Waals surface area contributed by atoms with Gasteiger partial charge in [-0.25, -0.2) is 4.79 Å². The van der Waals surface area contributed by atoms with Gasteiger partial charge in [-0.15, -0.1) is 0 Å². The number of anilines is 4. The summed E-state index contributed by atoms with van der Waals surface area (Å²) in [5.74, 6) is -4.14. The van der Waals surface area contributed by atoms with Crippen LogP contribution in [0.25, 0.3) is 43.1 Å². The average Bonchev–Trinajstić information content (AvgIpc) is 3.07. The molecule has 48 heavy (non-hydrogen) atoms. The second-order valence-electron chi connectivity index (χ2n) is 11.6. The van der Waals surface area contributed by atoms with Crippen LogP contribution in [-0.2, 0) is 0 Å². The Balaban J connectivity index is 1.59. The fourth-order valence-electron chi connectivity index (χ4n) is 6.82. The summed E-state index contributed by atoms with van der Waals surface area (Å²) < 4.78 is 0. The van der Waals surface area contributed by atoms with E-state index < -0.39 is 23.7 Å². The summed E-state index contributed by atoms with van der Waals surface area (Å²) in [6.45, 7) is 0. The molecule has 0 radical (unpaired) electrons. The van der Waals surface area contributed by atoms with Gasteiger partial charge in [-0.3, -0.25) is 25.1 Å². The van der Waals surface area contributed by atoms with Crippen LogP contribution < -0.4 is 27.4 Å². The van der Waals surface area contributed by atoms with Crippen LogP contribution in [0.4, 0.5) is 22.7 Å². The third-order valence-electron chi connectivity index (χ3n) is 8.78. The number of amides is 3. The molecule has 1 heterocycles. The predicted octanol–water partition coefficient (Wildman–Crippen LogP) is 6.17. The highest BCUT2D eigenvalue weighted by molar-refractivity contribution is 6.45. The number of hydrogen-bond acceptors (Lipinski definition) is 7. The van der Waals surface area contributed by atoms with E-state index in [1.54, 1.807) is 48.5 Å². The van der Waals surface area contributed by atoms with Crippen molar-refractivity contribution in [3.8, 4) is 0 Å². The molecule has 1 aliphatic rings. The number of hydrogen-bond donors (Lipinski definition) is 7. The molecule has 11 heteroatoms. The molecule has 0 fully saturated rings. The van der Waals surface area contributed by atoms with Gasteiger partial charge in [0.2, 0.25) is 0 Å². The lowest BCUT2D eigenvalue weighted by Crippen LogP contribution is -2.38. The Morgan fingerprint density at radius 2 is 1.23 bits per heavy atom. The van der Waals surface area contributed by atoms with E-state index in [9.17, 15) is 29.7 Å². The largest absolute Gasteiger partial charge is 0.478 e. The third kappa shape index (κ3) is 4.11. The highest BCUT2D eigenvalue weighted by atomic mass is 16.4. The number of carbonyl (C=O) groups excluding carboxylic acids is 3. The van der Waals surface area contributed by atoms with E-state index in [0.717, 1.165) is 10.8 Å². The first kappa shape index (κ1) is 28.5. The van der Waals surface area contributed by atoms with Crippen molar-refractivity contribution in [1.82, 2.24) is 5.32 Å². The lowest BCUT2D eigenvalue weighted by molar-refractivity contribution is 0.0687. The third-order valence-corrected chi connectivity index (χ3v) is 8.78. The molecule has 0 saturated heterocycles. The number of imide groups is 1. The zero-order chi connectivity index (χ0) is 33.4. The molecule has 3 amide bonds. The van der Waals surface area contributed by atoms with Gasteiger partial charge in [-0.1, -0.05) is 36.4 Å². The topological polar surface area (TPSA) is 200 Å². The summed E-state index contributed by atoms with van der Waals surface area (Å²) in [5, 5.41) is 32.2. The van der Waals surface area contributed by atoms with Gasteiger partial charge in [0.25, 0.3) is 17.7 Å². The number of carboxylic acids is 1. The molecule has 0 spiro atoms. The maximum atomic E-state index is 14.5. The maximum absolute atomic E-state index is 14.5. The first-order valence-electron chi connectivity index (χ1n) is 14.8. The van der Waals surface area contributed by atoms with Crippen LogP contribution in [0.15, 0.2) is 91.0 Å². The summed E-state index contributed by atoms with van der Waals surface area (Å²) in [6.07, 6.45) is 0. The van der Waals surface area contributed by atoms with E-state index in [0.29, 0.717) is 49.7 Å². The fourth-order valence-corrected chi connectivity index (χ4v) is 6.82. The van der Waals surface area contributed by atoms with E-state index >= 15 is 0 Å². The monoisotopic (exact) mass is 632 g/mol. The standard InChI is InChI=1S/C37H24N6O5/c38-17-7-11-19(12-8-17)41-33(40)30-26-22-6-2-4-16-3-1-5-21(25(16)22)23-15-24(37(47)48)28-29(27(23)26)31(36(46)43-34(28)44)32(30)35(45)42-20-13-9-18(39)10-14-20/h1-15H,38-39H2,(H2,40,41)(H,42,45)(H,47,48)(H,43,44,46). The summed E-state index contributed by atoms with van der Waals surface area (Å²) in [4.78, 5) is 54.7. The van der Waals surface area contributed by atoms with E-state index in [-0.39, 0.29) is 39.0 Å². The van der Waals surface area contributed by atoms with Crippen LogP contribution in [0, 0.1) is 5.41 Å². The summed E-state index contributed by atoms with van der Waals surface area (Å²) >= 11 is 0. The number of carbonyl (C=O) groups is 4. The second kappa shape index (κ2) is 10.3. The molecule has 0 saturated carbocycles. The molecular weight excluding hydrogens is 608 g/mol. The van der Waals surface area contributed by atoms with Gasteiger partial charge < -0.3 is 27.2 Å². The number of benzene rings is 7. The van der Waals surface area contributed by atoms with Gasteiger partial charge in [0.1, 0.15) is 5.84 Å². The van der Waals surface area contributed by atoms with Gasteiger partial charge in [0.05, 0.1) is 22.3 Å². The number of nitrogens with one attached hydrogen (secondary N) is 4. The molecule has 11 nitrogen and oxygen atoms in total. The molecule has 0 atom stereocenters. The minimum absolute atomic E-state index is 0.0339. The smallest absolute Gasteiger partial charge is 0.336 e. The summed E-state index contributed by atoms with van der Waals surface area (Å²) in [7, 11) is 0. The van der Waals surface area contributed by atoms with Crippen LogP contribution in [0.3, 0.4) is 0 Å². The number of aromatic carboxylic acids is 1. The quantitative estimate of drug-likeness (QED) is 0.0291. The van der Waals surface area contributed by atoms with Crippen molar-refractivity contribution < 1.29 is 24.3 Å². The highest BCUT2D eigenvalue weighted by Gasteiger charge is 2.38. The molecule has 8 rings (SSSR count). The Hall–Kier alpha value is -7.01. The Bertz CT molecular complexity index is 2590. The Kier molecular flexibility index (Phi) is 6.08. The van der Waals surface area contributed by atoms with Crippen LogP contribution in [0.1, 0.15) is 47.0 Å². The van der Waals surface area contributed by atoms with Crippen molar-refractivity contribution in [2.45, 2.75) is 0 Å². The lowest BCUT2D eigenvalue weighted by atomic mass is 9.78. The SMILES string of the molecule is N=C(Nc1ccc(N)cc1)c1c(C(=O)Nc2ccc(N)cc2)c2c3c(c(C(=O)O)cc4c5cccc6cccc(c1c34)c65)C(=O)NC2=O. The summed E-state index contributed by atoms with van der Waals surface area (Å²) in [5.41, 5.74) is 12.7. The number of carboxylic acid groups (broad SMARTS) is 1. The van der Waals surface area contributed by atoms with E-state index in [2.05, 4.69) is 16.0 Å². The fraction of sp³-hybridized carbons (Fsp3) is 0. The van der Waals surface area contributed by atoms with Gasteiger partial charge in [0, 0.05) is 39.1 Å². The Morgan fingerprint density at radius 3 is 1.85 bits per heavy atom. The Morgan fingerprint density at radius 1 is 0.646 bits per heavy atom. The number of rotatable bonds is 5. The second-order valence-corrected chi connectivity index (χ2v) is 11.6. The van der Waals surface area contributed by atoms with E-state index in [1.807, 2.05) is 36.4 Å². The van der Waals surface area contributed by atoms with Crippen molar-refractivity contribution in [1.29, 1.82) is 5.41 Å². The molecule has 1 aliphatic heterocycles. The molecule has 0 bridgehead atoms. The van der Waals surface area contributed by atoms with Gasteiger partial charge in [-0.05, 0) is 86.9 Å². The molecular formula is C37H24N6O5. The molecule has 7 aromatic rings. The van der Waals surface area contributed by atoms with Crippen LogP contribution >= 0.6 is 0 Å². The number of nitrogens with two attached hydrogens (primary N) is 2. The molecule has 0 unspecified atom stereocenters. The summed E-state index contributed by atoms with van der Waals surface area (Å²) in [6, 6.07) is 25.7. The predicted molar refractivity (Wildman–Crippen MR) is 187 cm³/mol. The van der Waals surface area contributed by atoms with Crippen molar-refractivity contribution >= 4 is 95.4 Å². The van der Waals surface area contributed by atoms with Gasteiger partial charge in [0.15, 0.2) is 0 Å². The van der Waals surface area contributed by atoms with Crippen molar-refractivity contribution in [3.63, 3.8) is 0 Å². The minimum atomic E-state index is -1.37. The number of amidine groups is 1. The van der Waals surface area contributed by atoms with Crippen molar-refractivity contribution in [2.24, 2.45) is 0 Å². The highest BCUT2D eigenvalue weighted by Crippen LogP contribution is 2.47. The molecule has 0 aliphatic carbocycles. The lowest BCUT2D eigenvalue weighted by Gasteiger charge is -2.27. The van der Waals surface area contributed by atoms with E-state index in [4.69, 9.17) is 11.5 Å². The van der Waals surface area contributed by atoms with E-state index in [1.165, 1.54) is 6.07 Å². The average molecular weight is 633 g/mol. The zero-order valence-corrected chi connectivity index (χ0v) is 24.9. The van der Waals surface area contributed by atoms with Gasteiger partial charge >= 0.3 is 5.97 Å². The maximum Gasteiger partial charge on any atom is 0.336 e. The molecule has 232 valence electrons. The molecule has 7 aromatic carbocycles. The molecule has 0 aromatic heterocycles. The first-order chi connectivity index (χ1) is 23.1. The van der Waals surface area contributed by atoms with Crippen molar-refractivity contribution in [3.05, 3.63) is 119 Å². The zero-order valence-electron chi connectivity index (χ0n) is 24.9. The minimum Gasteiger partial charge on any atom is -0.478 e. The number of nitrogen functional groups attached to an aromatic ring is 2. The Labute approximate surface area is 271 Å². The van der Waals surface area contributed by atoms with Crippen LogP contribution in [0.2, 0.25) is 0 Å². The molecule has 9 N–H and O–H groups in total. The number of fused-ring (bicyclic) bond motifs is 2. The first-order valence-corrected chi connectivity index (χ1v) is 14.8. The normalized spacial score (nSPS) is 12.5. The van der Waals surface area contributed by atoms with Crippen molar-refractivity contribution in [2.75, 3.05) is 22.1 Å². The van der Waals surface area contributed by atoms with Crippen LogP contribution in [-0.4, -0.2) is 34.6 Å².